The maximum absolute atomic E-state index is 13.0. The van der Waals surface area contributed by atoms with Crippen LogP contribution in [0.15, 0.2) is 237 Å². The number of carboxylic acids is 2. The Bertz CT molecular complexity index is 7430. The molecule has 15 rings (SSSR count). The topological polar surface area (TPSA) is 367 Å². The molecule has 0 aliphatic rings. The number of aliphatic carboxylic acids is 2. The van der Waals surface area contributed by atoms with Gasteiger partial charge < -0.3 is 0 Å². The van der Waals surface area contributed by atoms with Gasteiger partial charge in [0.25, 0.3) is 0 Å². The van der Waals surface area contributed by atoms with Crippen LogP contribution in [0.25, 0.3) is 50.7 Å². The minimum atomic E-state index is -3.55. The molecule has 0 aliphatic carbocycles. The normalized spacial score (nSPS) is 11.3. The van der Waals surface area contributed by atoms with Gasteiger partial charge in [-0.05, 0) is 20.8 Å². The van der Waals surface area contributed by atoms with Crippen LogP contribution in [-0.2, 0) is 108 Å². The van der Waals surface area contributed by atoms with Crippen molar-refractivity contribution in [1.29, 1.82) is 0 Å². The fourth-order valence-corrected chi connectivity index (χ4v) is 34.7. The summed E-state index contributed by atoms with van der Waals surface area (Å²) in [4.78, 5) is 82.2. The molecule has 15 aromatic rings. The summed E-state index contributed by atoms with van der Waals surface area (Å²) in [5.74, 6) is 1.03. The average molecular weight is 2440 g/mol. The van der Waals surface area contributed by atoms with E-state index in [1.165, 1.54) is 71.5 Å². The molecule has 5 aromatic heterocycles. The predicted molar refractivity (Wildman–Crippen MR) is 594 cm³/mol. The molecule has 0 saturated heterocycles. The molecule has 2 atom stereocenters. The van der Waals surface area contributed by atoms with Gasteiger partial charge in [-0.25, -0.2) is 0 Å². The molecule has 0 fully saturated rings. The van der Waals surface area contributed by atoms with Gasteiger partial charge in [0.1, 0.15) is 0 Å². The fourth-order valence-electron chi connectivity index (χ4n) is 13.9. The van der Waals surface area contributed by atoms with Crippen LogP contribution in [0.4, 0.5) is 0 Å². The molecule has 5 heterocycles. The van der Waals surface area contributed by atoms with Crippen LogP contribution in [0.2, 0.25) is 0 Å². The van der Waals surface area contributed by atoms with Crippen molar-refractivity contribution in [2.45, 2.75) is 193 Å². The molecule has 0 spiro atoms. The summed E-state index contributed by atoms with van der Waals surface area (Å²) in [6, 6.07) is 67.4. The van der Waals surface area contributed by atoms with Crippen LogP contribution in [0.5, 0.6) is 28.7 Å². The number of ether oxygens (including phenoxy) is 8. The number of sulfone groups is 2. The van der Waals surface area contributed by atoms with Gasteiger partial charge in [0.2, 0.25) is 0 Å². The molecule has 0 aliphatic heterocycles. The van der Waals surface area contributed by atoms with Gasteiger partial charge in [-0.2, -0.15) is 0 Å². The number of carbonyl (C=O) groups excluding carboxylic acids is 3. The van der Waals surface area contributed by atoms with Gasteiger partial charge >= 0.3 is 886 Å². The van der Waals surface area contributed by atoms with Crippen LogP contribution in [0, 0.1) is 104 Å². The van der Waals surface area contributed by atoms with E-state index in [4.69, 9.17) is 63.1 Å². The first-order valence-corrected chi connectivity index (χ1v) is 62.1. The second-order valence-corrected chi connectivity index (χ2v) is 53.3. The molecule has 0 amide bonds. The number of carbonyl (C=O) groups is 5. The van der Waals surface area contributed by atoms with E-state index in [-0.39, 0.29) is 141 Å². The van der Waals surface area contributed by atoms with E-state index in [9.17, 15) is 49.2 Å². The Morgan fingerprint density at radius 1 is 0.309 bits per heavy atom. The van der Waals surface area contributed by atoms with Crippen molar-refractivity contribution in [3.63, 3.8) is 0 Å². The molecule has 0 radical (unpaired) electrons. The van der Waals surface area contributed by atoms with Crippen molar-refractivity contribution in [3.8, 4) is 79.4 Å². The third-order valence-corrected chi connectivity index (χ3v) is 43.8. The molecule has 149 heavy (non-hydrogen) atoms. The monoisotopic (exact) mass is 2450 g/mol. The Labute approximate surface area is 912 Å². The standard InChI is InChI=1S/C23H25NO5SSe.C23H25NO4SSe.C23H25NO3SSe.C21H21NO5SSe.C21H21NO4SSe.2CH4/c1-5-28-22(25)13-29-20-11-10-19(12-16(20)3)30(26,27)14-21-17(4)24-23(31-21)18-8-6-15(2)7-9-18;1-5-27-22(25)13-28-20-11-10-19(12-16(20)3)29(26)14-21-17(4)24-23(30-21)18-8-6-15(2)7-9-18;1-5-26-22(25)13-27-20-11-10-19(12-16(20)3)28-14-21-17(4)24-23(29-21)18-8-6-15(2)7-9-18;1-13-4-6-16(7-5-13)21-22-15(3)19(29-21)12-28(25,26)17-8-9-18(14(2)10-17)27-11-20(23)24;1-13-4-6-16(7-5-13)21-22-15(3)19(28-21)12-27(25)17-8-9-18(14(2)10-17)26-11-20(23)24;;/h6-12H,5,13-14H2,1-4H3;6-12H,5,13-14H2,1-4H3;6-12H,5,13-14H2,1-4H3;4-10H,11-12H2,1-3H3,(H,23,24);4-10H,11-12H2,1-3H3,(H,23,24);2*1H4. The number of thioether (sulfide) groups is 1. The van der Waals surface area contributed by atoms with E-state index in [0.29, 0.717) is 69.5 Å². The van der Waals surface area contributed by atoms with E-state index in [2.05, 4.69) is 117 Å². The van der Waals surface area contributed by atoms with E-state index >= 15 is 0 Å². The van der Waals surface area contributed by atoms with Gasteiger partial charge in [-0.1, -0.05) is 14.9 Å². The van der Waals surface area contributed by atoms with Gasteiger partial charge in [-0.3, -0.25) is 0 Å². The number of rotatable bonds is 38. The molecule has 26 nitrogen and oxygen atoms in total. The Morgan fingerprint density at radius 2 is 0.550 bits per heavy atom. The number of hydrogen-bond acceptors (Lipinski definition) is 25. The number of aromatic nitrogens is 5. The van der Waals surface area contributed by atoms with Crippen molar-refractivity contribution in [1.82, 2.24) is 24.9 Å². The van der Waals surface area contributed by atoms with E-state index in [1.807, 2.05) is 141 Å². The second kappa shape index (κ2) is 57.8. The van der Waals surface area contributed by atoms with Crippen molar-refractivity contribution >= 4 is 155 Å². The van der Waals surface area contributed by atoms with E-state index < -0.39 is 78.4 Å². The maximum atomic E-state index is 13.0. The predicted octanol–water partition coefficient (Wildman–Crippen LogP) is 20.5. The first kappa shape index (κ1) is 121. The summed E-state index contributed by atoms with van der Waals surface area (Å²) in [5, 5.41) is 17.4. The van der Waals surface area contributed by atoms with Crippen LogP contribution in [0.3, 0.4) is 0 Å². The van der Waals surface area contributed by atoms with Crippen molar-refractivity contribution in [2.24, 2.45) is 0 Å². The van der Waals surface area contributed by atoms with E-state index in [0.717, 1.165) is 114 Å². The van der Waals surface area contributed by atoms with Crippen LogP contribution < -0.4 is 23.7 Å². The number of aryl methyl sites for hydroxylation is 15. The van der Waals surface area contributed by atoms with Crippen molar-refractivity contribution in [2.75, 3.05) is 52.9 Å². The third-order valence-electron chi connectivity index (χ3n) is 22.1. The number of benzene rings is 10. The number of hydrogen-bond donors (Lipinski definition) is 2. The molecular formula is C113H125N5O21S5Se5. The summed E-state index contributed by atoms with van der Waals surface area (Å²) in [6.45, 7) is 34.2. The summed E-state index contributed by atoms with van der Waals surface area (Å²) in [6.07, 6.45) is 0. The quantitative estimate of drug-likeness (QED) is 0.0157. The summed E-state index contributed by atoms with van der Waals surface area (Å²) in [7, 11) is -9.43. The summed E-state index contributed by atoms with van der Waals surface area (Å²) < 4.78 is 130. The Balaban J connectivity index is 0.000000206. The number of carboxylic acid groups (broad SMARTS) is 2. The number of nitrogens with zero attached hydrogens (tertiary/aromatic N) is 5. The summed E-state index contributed by atoms with van der Waals surface area (Å²) in [5.41, 5.74) is 20.1. The third kappa shape index (κ3) is 36.5. The molecule has 0 bridgehead atoms. The van der Waals surface area contributed by atoms with Gasteiger partial charge in [0, 0.05) is 0 Å². The van der Waals surface area contributed by atoms with Gasteiger partial charge in [0.15, 0.2) is 0 Å². The molecule has 0 saturated carbocycles. The molecule has 788 valence electrons. The first-order chi connectivity index (χ1) is 70.0. The Morgan fingerprint density at radius 3 is 0.819 bits per heavy atom. The fraction of sp³-hybridized carbons (Fsp3) is 0.292. The Kier molecular flexibility index (Phi) is 47.1. The van der Waals surface area contributed by atoms with Crippen LogP contribution in [-0.4, -0.2) is 216 Å². The van der Waals surface area contributed by atoms with Crippen molar-refractivity contribution in [3.05, 3.63) is 319 Å². The molecule has 2 unspecified atom stereocenters. The minimum absolute atomic E-state index is 0. The van der Waals surface area contributed by atoms with Crippen LogP contribution in [0.1, 0.15) is 142 Å². The summed E-state index contributed by atoms with van der Waals surface area (Å²) >= 11 is 1.94. The van der Waals surface area contributed by atoms with Crippen LogP contribution >= 0.6 is 11.8 Å². The molecule has 10 aromatic carbocycles. The zero-order valence-corrected chi connectivity index (χ0v) is 97.5. The van der Waals surface area contributed by atoms with Gasteiger partial charge in [-0.15, -0.1) is 0 Å². The SMILES string of the molecule is C.C.CCOC(=O)COc1ccc(S(=O)(=O)Cc2[se]c(-c3ccc(C)cc3)nc2C)cc1C.CCOC(=O)COc1ccc(S(=O)Cc2[se]c(-c3ccc(C)cc3)nc2C)cc1C.CCOC(=O)COc1ccc(SCc2[se]c(-c3ccc(C)cc3)nc2C)cc1C.Cc1ccc(-c2nc(C)c(CS(=O)(=O)c3ccc(OCC(=O)O)c(C)c3)[se]2)cc1.Cc1ccc(-c2nc(C)c(CS(=O)c3ccc(OCC(=O)O)c(C)c3)[se]2)cc1. The molecule has 36 heteroatoms. The number of esters is 3. The Hall–Kier alpha value is -11.3. The molecular weight excluding hydrogens is 2320 g/mol. The zero-order chi connectivity index (χ0) is 107. The van der Waals surface area contributed by atoms with E-state index in [1.54, 1.807) is 77.1 Å². The average Bonchev–Trinajstić information content (AvgIpc) is 1.49. The second-order valence-electron chi connectivity index (χ2n) is 34.0. The zero-order valence-electron chi connectivity index (χ0n) is 84.9. The van der Waals surface area contributed by atoms with Crippen molar-refractivity contribution < 1.29 is 97.3 Å². The van der Waals surface area contributed by atoms with Gasteiger partial charge in [0.05, 0.1) is 0 Å². The first-order valence-electron chi connectivity index (χ1n) is 46.6. The molecule has 2 N–H and O–H groups in total.